The SMILES string of the molecule is O=C1CCC(N2Cc3ccc(CNC45CCCCC(CNC4)C5(F)F)cc3C2=O)C(=O)N1. The summed E-state index contributed by atoms with van der Waals surface area (Å²) in [7, 11) is 0. The molecule has 0 spiro atoms. The molecule has 5 rings (SSSR count). The predicted molar refractivity (Wildman–Crippen MR) is 112 cm³/mol. The van der Waals surface area contributed by atoms with Crippen molar-refractivity contribution in [1.82, 2.24) is 20.9 Å². The van der Waals surface area contributed by atoms with Crippen molar-refractivity contribution in [3.8, 4) is 0 Å². The van der Waals surface area contributed by atoms with Crippen molar-refractivity contribution < 1.29 is 23.2 Å². The molecule has 32 heavy (non-hydrogen) atoms. The van der Waals surface area contributed by atoms with Crippen LogP contribution in [0.4, 0.5) is 8.78 Å². The van der Waals surface area contributed by atoms with Gasteiger partial charge in [-0.3, -0.25) is 19.7 Å². The van der Waals surface area contributed by atoms with Crippen LogP contribution < -0.4 is 16.0 Å². The molecular weight excluding hydrogens is 418 g/mol. The largest absolute Gasteiger partial charge is 0.322 e. The molecule has 3 unspecified atom stereocenters. The van der Waals surface area contributed by atoms with Gasteiger partial charge in [-0.25, -0.2) is 8.78 Å². The van der Waals surface area contributed by atoms with Crippen LogP contribution in [0.15, 0.2) is 18.2 Å². The fraction of sp³-hybridized carbons (Fsp3) is 0.609. The quantitative estimate of drug-likeness (QED) is 0.613. The van der Waals surface area contributed by atoms with Crippen LogP contribution in [0.2, 0.25) is 0 Å². The molecule has 3 amide bonds. The van der Waals surface area contributed by atoms with E-state index in [-0.39, 0.29) is 31.3 Å². The van der Waals surface area contributed by atoms with Crippen LogP contribution >= 0.6 is 0 Å². The van der Waals surface area contributed by atoms with E-state index in [1.807, 2.05) is 12.1 Å². The fourth-order valence-electron chi connectivity index (χ4n) is 5.70. The first-order valence-electron chi connectivity index (χ1n) is 11.4. The number of halogens is 2. The normalized spacial score (nSPS) is 31.8. The average Bonchev–Trinajstić information content (AvgIpc) is 3.08. The number of carbonyl (C=O) groups excluding carboxylic acids is 3. The Kier molecular flexibility index (Phi) is 5.28. The number of hydrogen-bond acceptors (Lipinski definition) is 5. The Labute approximate surface area is 185 Å². The van der Waals surface area contributed by atoms with Crippen LogP contribution in [0, 0.1) is 5.92 Å². The minimum absolute atomic E-state index is 0.205. The summed E-state index contributed by atoms with van der Waals surface area (Å²) < 4.78 is 30.6. The third kappa shape index (κ3) is 3.42. The Morgan fingerprint density at radius 1 is 1.16 bits per heavy atom. The summed E-state index contributed by atoms with van der Waals surface area (Å²) in [5, 5.41) is 8.65. The molecule has 0 radical (unpaired) electrons. The highest BCUT2D eigenvalue weighted by Gasteiger charge is 2.60. The zero-order valence-corrected chi connectivity index (χ0v) is 17.9. The number of nitrogens with zero attached hydrogens (tertiary/aromatic N) is 1. The highest BCUT2D eigenvalue weighted by atomic mass is 19.3. The second-order valence-electron chi connectivity index (χ2n) is 9.52. The lowest BCUT2D eigenvalue weighted by atomic mass is 9.78. The molecule has 0 aromatic heterocycles. The van der Waals surface area contributed by atoms with Crippen LogP contribution in [0.3, 0.4) is 0 Å². The standard InChI is InChI=1S/C23H28F2N4O3/c24-23(25)16-3-1-2-8-22(23,13-26-11-16)27-10-14-4-5-15-12-29(21(32)17(15)9-14)18-6-7-19(30)28-20(18)31/h4-5,9,16,18,26-27H,1-3,6-8,10-13H2,(H,28,30,31). The smallest absolute Gasteiger partial charge is 0.271 e. The summed E-state index contributed by atoms with van der Waals surface area (Å²) in [5.74, 6) is -4.47. The van der Waals surface area contributed by atoms with Crippen molar-refractivity contribution in [2.24, 2.45) is 5.92 Å². The molecule has 3 heterocycles. The third-order valence-corrected chi connectivity index (χ3v) is 7.60. The number of carbonyl (C=O) groups is 3. The Balaban J connectivity index is 1.32. The van der Waals surface area contributed by atoms with Crippen LogP contribution in [0.25, 0.3) is 0 Å². The van der Waals surface area contributed by atoms with Gasteiger partial charge in [0.2, 0.25) is 11.8 Å². The monoisotopic (exact) mass is 446 g/mol. The molecule has 9 heteroatoms. The van der Waals surface area contributed by atoms with Gasteiger partial charge in [0.15, 0.2) is 0 Å². The first-order valence-corrected chi connectivity index (χ1v) is 11.4. The van der Waals surface area contributed by atoms with Gasteiger partial charge >= 0.3 is 0 Å². The summed E-state index contributed by atoms with van der Waals surface area (Å²) in [4.78, 5) is 38.1. The molecule has 3 N–H and O–H groups in total. The van der Waals surface area contributed by atoms with E-state index in [0.717, 1.165) is 24.0 Å². The number of imide groups is 1. The molecule has 7 nitrogen and oxygen atoms in total. The van der Waals surface area contributed by atoms with E-state index in [0.29, 0.717) is 37.9 Å². The minimum Gasteiger partial charge on any atom is -0.322 e. The summed E-state index contributed by atoms with van der Waals surface area (Å²) in [6.07, 6.45) is 3.05. The zero-order valence-electron chi connectivity index (χ0n) is 17.9. The summed E-state index contributed by atoms with van der Waals surface area (Å²) >= 11 is 0. The van der Waals surface area contributed by atoms with E-state index < -0.39 is 29.3 Å². The van der Waals surface area contributed by atoms with Gasteiger partial charge in [0.25, 0.3) is 11.8 Å². The van der Waals surface area contributed by atoms with Crippen LogP contribution in [-0.4, -0.2) is 53.2 Å². The fourth-order valence-corrected chi connectivity index (χ4v) is 5.70. The highest BCUT2D eigenvalue weighted by Crippen LogP contribution is 2.46. The molecule has 1 aromatic rings. The van der Waals surface area contributed by atoms with Crippen molar-refractivity contribution in [2.75, 3.05) is 13.1 Å². The van der Waals surface area contributed by atoms with Gasteiger partial charge in [-0.05, 0) is 36.5 Å². The number of nitrogens with one attached hydrogen (secondary N) is 3. The topological polar surface area (TPSA) is 90.5 Å². The number of alkyl halides is 2. The maximum Gasteiger partial charge on any atom is 0.271 e. The average molecular weight is 446 g/mol. The molecule has 2 bridgehead atoms. The second-order valence-corrected chi connectivity index (χ2v) is 9.52. The molecule has 1 aromatic carbocycles. The highest BCUT2D eigenvalue weighted by molar-refractivity contribution is 6.05. The van der Waals surface area contributed by atoms with Gasteiger partial charge in [0, 0.05) is 44.1 Å². The maximum atomic E-state index is 15.3. The summed E-state index contributed by atoms with van der Waals surface area (Å²) in [5.41, 5.74) is 0.784. The van der Waals surface area contributed by atoms with Crippen molar-refractivity contribution in [2.45, 2.75) is 69.1 Å². The second kappa shape index (κ2) is 7.88. The van der Waals surface area contributed by atoms with Crippen LogP contribution in [0.1, 0.15) is 60.0 Å². The zero-order chi connectivity index (χ0) is 22.5. The molecule has 3 aliphatic heterocycles. The molecule has 172 valence electrons. The number of amides is 3. The van der Waals surface area contributed by atoms with Crippen molar-refractivity contribution >= 4 is 17.7 Å². The number of rotatable bonds is 4. The molecule has 3 atom stereocenters. The predicted octanol–water partition coefficient (Wildman–Crippen LogP) is 1.70. The lowest BCUT2D eigenvalue weighted by Gasteiger charge is -2.47. The van der Waals surface area contributed by atoms with Gasteiger partial charge in [0.05, 0.1) is 5.54 Å². The maximum absolute atomic E-state index is 15.3. The first-order chi connectivity index (χ1) is 15.3. The summed E-state index contributed by atoms with van der Waals surface area (Å²) in [6, 6.07) is 4.77. The van der Waals surface area contributed by atoms with Gasteiger partial charge in [-0.15, -0.1) is 0 Å². The van der Waals surface area contributed by atoms with E-state index in [9.17, 15) is 14.4 Å². The third-order valence-electron chi connectivity index (χ3n) is 7.60. The molecule has 3 fully saturated rings. The Bertz CT molecular complexity index is 969. The minimum atomic E-state index is -2.79. The Morgan fingerprint density at radius 2 is 2.00 bits per heavy atom. The molecule has 1 saturated carbocycles. The van der Waals surface area contributed by atoms with E-state index >= 15 is 8.78 Å². The number of hydrogen-bond donors (Lipinski definition) is 3. The van der Waals surface area contributed by atoms with Crippen molar-refractivity contribution in [1.29, 1.82) is 0 Å². The first kappa shape index (κ1) is 21.5. The van der Waals surface area contributed by atoms with Crippen LogP contribution in [-0.2, 0) is 22.7 Å². The molecule has 1 aliphatic carbocycles. The summed E-state index contributed by atoms with van der Waals surface area (Å²) in [6.45, 7) is 1.12. The van der Waals surface area contributed by atoms with Gasteiger partial charge in [-0.2, -0.15) is 0 Å². The number of fused-ring (bicyclic) bond motifs is 3. The van der Waals surface area contributed by atoms with Gasteiger partial charge in [-0.1, -0.05) is 25.0 Å². The number of piperidine rings is 2. The van der Waals surface area contributed by atoms with E-state index in [1.165, 1.54) is 4.90 Å². The van der Waals surface area contributed by atoms with Gasteiger partial charge in [0.1, 0.15) is 6.04 Å². The molecular formula is C23H28F2N4O3. The van der Waals surface area contributed by atoms with Crippen LogP contribution in [0.5, 0.6) is 0 Å². The van der Waals surface area contributed by atoms with Crippen molar-refractivity contribution in [3.63, 3.8) is 0 Å². The van der Waals surface area contributed by atoms with Crippen molar-refractivity contribution in [3.05, 3.63) is 34.9 Å². The lowest BCUT2D eigenvalue weighted by molar-refractivity contribution is -0.148. The molecule has 4 aliphatic rings. The Hall–Kier alpha value is -2.39. The van der Waals surface area contributed by atoms with E-state index in [2.05, 4.69) is 16.0 Å². The lowest BCUT2D eigenvalue weighted by Crippen LogP contribution is -2.70. The van der Waals surface area contributed by atoms with Gasteiger partial charge < -0.3 is 15.5 Å². The van der Waals surface area contributed by atoms with E-state index in [1.54, 1.807) is 6.07 Å². The van der Waals surface area contributed by atoms with E-state index in [4.69, 9.17) is 0 Å². The Morgan fingerprint density at radius 3 is 2.81 bits per heavy atom. The number of benzene rings is 1. The molecule has 2 saturated heterocycles.